The molecule has 1 amide bonds. The van der Waals surface area contributed by atoms with Crippen LogP contribution in [0.2, 0.25) is 0 Å². The van der Waals surface area contributed by atoms with Gasteiger partial charge in [-0.1, -0.05) is 6.07 Å². The minimum Gasteiger partial charge on any atom is -0.379 e. The molecule has 30 heavy (non-hydrogen) atoms. The Hall–Kier alpha value is -2.97. The number of pyridine rings is 1. The normalized spacial score (nSPS) is 21.9. The third-order valence-electron chi connectivity index (χ3n) is 5.92. The number of hydrogen-bond donors (Lipinski definition) is 1. The van der Waals surface area contributed by atoms with Crippen LogP contribution < -0.4 is 5.32 Å². The summed E-state index contributed by atoms with van der Waals surface area (Å²) >= 11 is 0. The van der Waals surface area contributed by atoms with Crippen LogP contribution in [0.5, 0.6) is 0 Å². The fourth-order valence-electron chi connectivity index (χ4n) is 4.13. The molecule has 2 fully saturated rings. The number of amides is 1. The molecule has 0 bridgehead atoms. The van der Waals surface area contributed by atoms with E-state index < -0.39 is 0 Å². The quantitative estimate of drug-likeness (QED) is 0.716. The molecule has 0 spiro atoms. The molecule has 1 N–H and O–H groups in total. The van der Waals surface area contributed by atoms with Crippen molar-refractivity contribution in [3.63, 3.8) is 0 Å². The topological polar surface area (TPSA) is 80.2 Å². The zero-order valence-corrected chi connectivity index (χ0v) is 16.4. The second-order valence-corrected chi connectivity index (χ2v) is 7.85. The van der Waals surface area contributed by atoms with Crippen LogP contribution in [0.25, 0.3) is 22.0 Å². The Labute approximate surface area is 173 Å². The summed E-state index contributed by atoms with van der Waals surface area (Å²) in [5.74, 6) is 0.0276. The maximum absolute atomic E-state index is 13.5. The highest BCUT2D eigenvalue weighted by Gasteiger charge is 2.38. The highest BCUT2D eigenvalue weighted by Crippen LogP contribution is 2.33. The average Bonchev–Trinajstić information content (AvgIpc) is 2.73. The Morgan fingerprint density at radius 3 is 2.70 bits per heavy atom. The first-order valence-electron chi connectivity index (χ1n) is 10.2. The maximum atomic E-state index is 13.5. The van der Waals surface area contributed by atoms with E-state index in [0.717, 1.165) is 50.1 Å². The van der Waals surface area contributed by atoms with E-state index in [9.17, 15) is 9.18 Å². The van der Waals surface area contributed by atoms with Gasteiger partial charge in [0.15, 0.2) is 5.82 Å². The number of fused-ring (bicyclic) bond motifs is 1. The number of hydrogen-bond acceptors (Lipinski definition) is 6. The summed E-state index contributed by atoms with van der Waals surface area (Å²) in [5, 5.41) is 12.1. The standard InChI is InChI=1S/C22H22FN5O2/c23-18-8-17(12-24-13-18)14-1-2-20-15(7-14)11-21(27-26-20)25-22(29)16-9-19(10-16)28-3-5-30-6-4-28/h1-2,7-8,11-13,16,19H,3-6,9-10H2,(H,25,27,29)/t16-,19-. The van der Waals surface area contributed by atoms with E-state index in [-0.39, 0.29) is 17.6 Å². The number of rotatable bonds is 4. The van der Waals surface area contributed by atoms with Gasteiger partial charge in [-0.2, -0.15) is 0 Å². The molecule has 154 valence electrons. The first-order valence-corrected chi connectivity index (χ1v) is 10.2. The number of aromatic nitrogens is 3. The van der Waals surface area contributed by atoms with E-state index in [0.29, 0.717) is 22.9 Å². The van der Waals surface area contributed by atoms with Gasteiger partial charge in [-0.15, -0.1) is 10.2 Å². The number of morpholine rings is 1. The van der Waals surface area contributed by atoms with E-state index in [4.69, 9.17) is 4.74 Å². The number of halogens is 1. The average molecular weight is 407 g/mol. The lowest BCUT2D eigenvalue weighted by Crippen LogP contribution is -2.52. The van der Waals surface area contributed by atoms with E-state index >= 15 is 0 Å². The van der Waals surface area contributed by atoms with Crippen LogP contribution in [0.3, 0.4) is 0 Å². The van der Waals surface area contributed by atoms with Gasteiger partial charge in [-0.25, -0.2) is 4.39 Å². The molecule has 0 atom stereocenters. The summed E-state index contributed by atoms with van der Waals surface area (Å²) in [6.45, 7) is 3.43. The number of carbonyl (C=O) groups excluding carboxylic acids is 1. The molecule has 1 aromatic carbocycles. The number of nitrogens with one attached hydrogen (secondary N) is 1. The monoisotopic (exact) mass is 407 g/mol. The number of anilines is 1. The van der Waals surface area contributed by atoms with Crippen LogP contribution in [-0.4, -0.2) is 58.3 Å². The Morgan fingerprint density at radius 2 is 1.90 bits per heavy atom. The van der Waals surface area contributed by atoms with Gasteiger partial charge in [-0.3, -0.25) is 14.7 Å². The van der Waals surface area contributed by atoms with E-state index in [1.165, 1.54) is 12.3 Å². The van der Waals surface area contributed by atoms with Crippen molar-refractivity contribution in [3.05, 3.63) is 48.5 Å². The summed E-state index contributed by atoms with van der Waals surface area (Å²) in [7, 11) is 0. The molecule has 3 heterocycles. The van der Waals surface area contributed by atoms with Crippen LogP contribution in [0.15, 0.2) is 42.7 Å². The smallest absolute Gasteiger partial charge is 0.228 e. The summed E-state index contributed by atoms with van der Waals surface area (Å²) < 4.78 is 18.9. The third-order valence-corrected chi connectivity index (χ3v) is 5.92. The molecule has 2 aliphatic rings. The molecule has 8 heteroatoms. The van der Waals surface area contributed by atoms with Crippen molar-refractivity contribution in [3.8, 4) is 11.1 Å². The van der Waals surface area contributed by atoms with Crippen molar-refractivity contribution in [2.75, 3.05) is 31.6 Å². The minimum atomic E-state index is -0.385. The van der Waals surface area contributed by atoms with E-state index in [1.54, 1.807) is 12.3 Å². The number of carbonyl (C=O) groups is 1. The number of nitrogens with zero attached hydrogens (tertiary/aromatic N) is 4. The molecule has 1 saturated heterocycles. The van der Waals surface area contributed by atoms with Crippen molar-refractivity contribution in [2.45, 2.75) is 18.9 Å². The molecule has 7 nitrogen and oxygen atoms in total. The molecular weight excluding hydrogens is 385 g/mol. The Kier molecular flexibility index (Phi) is 5.10. The Balaban J connectivity index is 1.27. The maximum Gasteiger partial charge on any atom is 0.228 e. The number of benzene rings is 1. The molecule has 0 unspecified atom stereocenters. The largest absolute Gasteiger partial charge is 0.379 e. The summed E-state index contributed by atoms with van der Waals surface area (Å²) in [5.41, 5.74) is 2.21. The van der Waals surface area contributed by atoms with Gasteiger partial charge < -0.3 is 10.1 Å². The minimum absolute atomic E-state index is 0.0000412. The SMILES string of the molecule is O=C(Nc1cc2cc(-c3cncc(F)c3)ccc2nn1)[C@H]1C[C@H](N2CCOCC2)C1. The first-order chi connectivity index (χ1) is 14.7. The van der Waals surface area contributed by atoms with Crippen molar-refractivity contribution in [1.29, 1.82) is 0 Å². The molecule has 5 rings (SSSR count). The van der Waals surface area contributed by atoms with Crippen molar-refractivity contribution >= 4 is 22.6 Å². The van der Waals surface area contributed by atoms with Crippen LogP contribution >= 0.6 is 0 Å². The van der Waals surface area contributed by atoms with Crippen LogP contribution in [-0.2, 0) is 9.53 Å². The molecule has 2 aromatic heterocycles. The summed E-state index contributed by atoms with van der Waals surface area (Å²) in [6, 6.07) is 9.28. The van der Waals surface area contributed by atoms with Crippen molar-refractivity contribution in [1.82, 2.24) is 20.1 Å². The number of ether oxygens (including phenoxy) is 1. The zero-order valence-electron chi connectivity index (χ0n) is 16.4. The molecule has 0 radical (unpaired) electrons. The van der Waals surface area contributed by atoms with Crippen LogP contribution in [0.4, 0.5) is 10.2 Å². The fraction of sp³-hybridized carbons (Fsp3) is 0.364. The Morgan fingerprint density at radius 1 is 1.07 bits per heavy atom. The highest BCUT2D eigenvalue weighted by molar-refractivity contribution is 5.94. The lowest BCUT2D eigenvalue weighted by atomic mass is 9.78. The predicted octanol–water partition coefficient (Wildman–Crippen LogP) is 2.88. The molecule has 1 aliphatic heterocycles. The molecular formula is C22H22FN5O2. The molecule has 3 aromatic rings. The third kappa shape index (κ3) is 3.88. The first kappa shape index (κ1) is 19.0. The van der Waals surface area contributed by atoms with Crippen LogP contribution in [0.1, 0.15) is 12.8 Å². The van der Waals surface area contributed by atoms with Gasteiger partial charge in [0.25, 0.3) is 0 Å². The molecule has 1 aliphatic carbocycles. The van der Waals surface area contributed by atoms with Crippen LogP contribution in [0, 0.1) is 11.7 Å². The fourth-order valence-corrected chi connectivity index (χ4v) is 4.13. The highest BCUT2D eigenvalue weighted by atomic mass is 19.1. The van der Waals surface area contributed by atoms with Gasteiger partial charge in [0.2, 0.25) is 5.91 Å². The van der Waals surface area contributed by atoms with E-state index in [1.807, 2.05) is 18.2 Å². The summed E-state index contributed by atoms with van der Waals surface area (Å²) in [6.07, 6.45) is 4.52. The lowest BCUT2D eigenvalue weighted by molar-refractivity contribution is -0.125. The summed E-state index contributed by atoms with van der Waals surface area (Å²) in [4.78, 5) is 18.9. The lowest BCUT2D eigenvalue weighted by Gasteiger charge is -2.43. The van der Waals surface area contributed by atoms with Crippen molar-refractivity contribution in [2.24, 2.45) is 5.92 Å². The van der Waals surface area contributed by atoms with Gasteiger partial charge in [0, 0.05) is 42.2 Å². The van der Waals surface area contributed by atoms with E-state index in [2.05, 4.69) is 25.4 Å². The zero-order chi connectivity index (χ0) is 20.5. The predicted molar refractivity (Wildman–Crippen MR) is 110 cm³/mol. The second kappa shape index (κ2) is 8.04. The van der Waals surface area contributed by atoms with Gasteiger partial charge in [0.05, 0.1) is 24.9 Å². The van der Waals surface area contributed by atoms with Crippen molar-refractivity contribution < 1.29 is 13.9 Å². The van der Waals surface area contributed by atoms with Gasteiger partial charge in [-0.05, 0) is 42.7 Å². The molecule has 1 saturated carbocycles. The van der Waals surface area contributed by atoms with Gasteiger partial charge >= 0.3 is 0 Å². The Bertz CT molecular complexity index is 1080. The van der Waals surface area contributed by atoms with Gasteiger partial charge in [0.1, 0.15) is 5.82 Å². The second-order valence-electron chi connectivity index (χ2n) is 7.85.